The second kappa shape index (κ2) is 14.6. The van der Waals surface area contributed by atoms with E-state index in [2.05, 4.69) is 27.8 Å². The molecule has 1 rings (SSSR count). The van der Waals surface area contributed by atoms with Gasteiger partial charge in [-0.05, 0) is 32.6 Å². The molecule has 0 bridgehead atoms. The van der Waals surface area contributed by atoms with Crippen molar-refractivity contribution in [1.82, 2.24) is 10.6 Å². The quantitative estimate of drug-likeness (QED) is 0.212. The number of allylic oxidation sites excluding steroid dienone is 1. The second-order valence-electron chi connectivity index (χ2n) is 5.27. The molecule has 0 radical (unpaired) electrons. The van der Waals surface area contributed by atoms with E-state index in [0.717, 1.165) is 38.5 Å². The first-order chi connectivity index (χ1) is 9.86. The smallest absolute Gasteiger partial charge is 0.190 e. The Hall–Kier alpha value is -0.300. The number of nitrogens with zero attached hydrogens (tertiary/aromatic N) is 1. The number of rotatable bonds is 8. The van der Waals surface area contributed by atoms with Gasteiger partial charge in [-0.25, -0.2) is 0 Å². The molecule has 1 saturated carbocycles. The van der Waals surface area contributed by atoms with Gasteiger partial charge in [0.2, 0.25) is 0 Å². The Morgan fingerprint density at radius 1 is 1.19 bits per heavy atom. The van der Waals surface area contributed by atoms with Crippen LogP contribution < -0.4 is 10.6 Å². The molecule has 0 saturated heterocycles. The van der Waals surface area contributed by atoms with Crippen LogP contribution in [0.1, 0.15) is 51.9 Å². The van der Waals surface area contributed by atoms with Gasteiger partial charge in [0.05, 0.1) is 6.10 Å². The van der Waals surface area contributed by atoms with Gasteiger partial charge >= 0.3 is 0 Å². The maximum Gasteiger partial charge on any atom is 0.190 e. The molecule has 0 atom stereocenters. The van der Waals surface area contributed by atoms with Crippen LogP contribution in [0, 0.1) is 0 Å². The molecule has 0 heterocycles. The van der Waals surface area contributed by atoms with Gasteiger partial charge in [-0.1, -0.05) is 31.4 Å². The van der Waals surface area contributed by atoms with Crippen LogP contribution in [0.2, 0.25) is 0 Å². The van der Waals surface area contributed by atoms with Crippen molar-refractivity contribution in [3.8, 4) is 0 Å². The summed E-state index contributed by atoms with van der Waals surface area (Å²) in [7, 11) is 1.81. The fraction of sp³-hybridized carbons (Fsp3) is 0.812. The predicted octanol–water partition coefficient (Wildman–Crippen LogP) is 3.48. The lowest BCUT2D eigenvalue weighted by Gasteiger charge is -2.22. The van der Waals surface area contributed by atoms with Crippen LogP contribution in [-0.4, -0.2) is 38.8 Å². The molecule has 21 heavy (non-hydrogen) atoms. The zero-order valence-electron chi connectivity index (χ0n) is 13.6. The standard InChI is InChI=1S/C16H31N3O.HI/c1-3-4-8-12-18-16(17-2)19-13-9-14-20-15-10-6-5-7-11-15;/h3-4,15H,5-14H2,1-2H3,(H2,17,18,19);1H. The predicted molar refractivity (Wildman–Crippen MR) is 102 cm³/mol. The molecule has 0 spiro atoms. The van der Waals surface area contributed by atoms with Gasteiger partial charge in [0.1, 0.15) is 0 Å². The van der Waals surface area contributed by atoms with Crippen molar-refractivity contribution in [1.29, 1.82) is 0 Å². The molecule has 0 aromatic carbocycles. The Kier molecular flexibility index (Phi) is 14.4. The summed E-state index contributed by atoms with van der Waals surface area (Å²) in [6.07, 6.45) is 13.4. The van der Waals surface area contributed by atoms with Crippen LogP contribution in [0.4, 0.5) is 0 Å². The number of aliphatic imine (C=N–C) groups is 1. The molecule has 1 fully saturated rings. The van der Waals surface area contributed by atoms with Crippen molar-refractivity contribution < 1.29 is 4.74 Å². The molecule has 0 unspecified atom stereocenters. The number of hydrogen-bond donors (Lipinski definition) is 2. The number of nitrogens with one attached hydrogen (secondary N) is 2. The molecular weight excluding hydrogens is 377 g/mol. The van der Waals surface area contributed by atoms with Crippen LogP contribution in [0.25, 0.3) is 0 Å². The molecule has 1 aliphatic rings. The molecule has 0 aromatic rings. The molecule has 2 N–H and O–H groups in total. The summed E-state index contributed by atoms with van der Waals surface area (Å²) in [5, 5.41) is 6.61. The molecule has 4 nitrogen and oxygen atoms in total. The van der Waals surface area contributed by atoms with Crippen molar-refractivity contribution in [3.63, 3.8) is 0 Å². The normalized spacial score (nSPS) is 16.8. The Bertz CT molecular complexity index is 289. The summed E-state index contributed by atoms with van der Waals surface area (Å²) in [5.74, 6) is 0.882. The fourth-order valence-corrected chi connectivity index (χ4v) is 2.42. The number of hydrogen-bond acceptors (Lipinski definition) is 2. The summed E-state index contributed by atoms with van der Waals surface area (Å²) in [4.78, 5) is 4.20. The van der Waals surface area contributed by atoms with Crippen LogP contribution in [0.5, 0.6) is 0 Å². The maximum absolute atomic E-state index is 5.90. The van der Waals surface area contributed by atoms with Gasteiger partial charge in [0.25, 0.3) is 0 Å². The summed E-state index contributed by atoms with van der Waals surface area (Å²) in [5.41, 5.74) is 0. The van der Waals surface area contributed by atoms with E-state index < -0.39 is 0 Å². The minimum Gasteiger partial charge on any atom is -0.378 e. The molecule has 124 valence electrons. The summed E-state index contributed by atoms with van der Waals surface area (Å²) in [6.45, 7) is 4.73. The monoisotopic (exact) mass is 409 g/mol. The number of ether oxygens (including phenoxy) is 1. The average molecular weight is 409 g/mol. The zero-order chi connectivity index (χ0) is 14.5. The highest BCUT2D eigenvalue weighted by Crippen LogP contribution is 2.20. The minimum atomic E-state index is 0. The molecule has 5 heteroatoms. The summed E-state index contributed by atoms with van der Waals surface area (Å²) >= 11 is 0. The Balaban J connectivity index is 0.00000400. The molecule has 0 aliphatic heterocycles. The first-order valence-electron chi connectivity index (χ1n) is 8.04. The van der Waals surface area contributed by atoms with Crippen LogP contribution >= 0.6 is 24.0 Å². The number of halogens is 1. The lowest BCUT2D eigenvalue weighted by molar-refractivity contribution is 0.0277. The summed E-state index contributed by atoms with van der Waals surface area (Å²) in [6, 6.07) is 0. The van der Waals surface area contributed by atoms with Gasteiger partial charge in [0.15, 0.2) is 5.96 Å². The Morgan fingerprint density at radius 2 is 1.90 bits per heavy atom. The largest absolute Gasteiger partial charge is 0.378 e. The first kappa shape index (κ1) is 20.7. The zero-order valence-corrected chi connectivity index (χ0v) is 15.9. The highest BCUT2D eigenvalue weighted by atomic mass is 127. The fourth-order valence-electron chi connectivity index (χ4n) is 2.42. The van der Waals surface area contributed by atoms with E-state index in [-0.39, 0.29) is 24.0 Å². The second-order valence-corrected chi connectivity index (χ2v) is 5.27. The van der Waals surface area contributed by atoms with Gasteiger partial charge in [0, 0.05) is 26.7 Å². The van der Waals surface area contributed by atoms with Crippen LogP contribution in [0.3, 0.4) is 0 Å². The molecule has 1 aliphatic carbocycles. The van der Waals surface area contributed by atoms with E-state index in [1.807, 2.05) is 14.0 Å². The van der Waals surface area contributed by atoms with Crippen molar-refractivity contribution in [2.45, 2.75) is 58.0 Å². The third-order valence-corrected chi connectivity index (χ3v) is 3.58. The van der Waals surface area contributed by atoms with Gasteiger partial charge < -0.3 is 15.4 Å². The first-order valence-corrected chi connectivity index (χ1v) is 8.04. The lowest BCUT2D eigenvalue weighted by Crippen LogP contribution is -2.38. The van der Waals surface area contributed by atoms with E-state index in [1.165, 1.54) is 32.1 Å². The average Bonchev–Trinajstić information content (AvgIpc) is 2.50. The van der Waals surface area contributed by atoms with Gasteiger partial charge in [-0.3, -0.25) is 4.99 Å². The molecular formula is C16H32IN3O. The maximum atomic E-state index is 5.90. The van der Waals surface area contributed by atoms with Crippen LogP contribution in [0.15, 0.2) is 17.1 Å². The van der Waals surface area contributed by atoms with Crippen LogP contribution in [-0.2, 0) is 4.74 Å². The van der Waals surface area contributed by atoms with Crippen molar-refractivity contribution in [2.75, 3.05) is 26.7 Å². The van der Waals surface area contributed by atoms with Gasteiger partial charge in [-0.2, -0.15) is 0 Å². The molecule has 0 amide bonds. The topological polar surface area (TPSA) is 45.7 Å². The van der Waals surface area contributed by atoms with E-state index in [4.69, 9.17) is 4.74 Å². The third kappa shape index (κ3) is 11.0. The number of guanidine groups is 1. The highest BCUT2D eigenvalue weighted by molar-refractivity contribution is 14.0. The van der Waals surface area contributed by atoms with E-state index in [9.17, 15) is 0 Å². The third-order valence-electron chi connectivity index (χ3n) is 3.58. The van der Waals surface area contributed by atoms with E-state index in [0.29, 0.717) is 6.10 Å². The Morgan fingerprint density at radius 3 is 2.57 bits per heavy atom. The van der Waals surface area contributed by atoms with Crippen molar-refractivity contribution in [3.05, 3.63) is 12.2 Å². The summed E-state index contributed by atoms with van der Waals surface area (Å²) < 4.78 is 5.90. The van der Waals surface area contributed by atoms with Crippen molar-refractivity contribution >= 4 is 29.9 Å². The Labute approximate surface area is 147 Å². The minimum absolute atomic E-state index is 0. The lowest BCUT2D eigenvalue weighted by atomic mass is 9.98. The SMILES string of the molecule is CC=CCCNC(=NC)NCCCOC1CCCCC1.I. The van der Waals surface area contributed by atoms with Gasteiger partial charge in [-0.15, -0.1) is 24.0 Å². The van der Waals surface area contributed by atoms with E-state index in [1.54, 1.807) is 0 Å². The van der Waals surface area contributed by atoms with Crippen molar-refractivity contribution in [2.24, 2.45) is 4.99 Å². The highest BCUT2D eigenvalue weighted by Gasteiger charge is 2.12. The molecule has 0 aromatic heterocycles. The van der Waals surface area contributed by atoms with E-state index >= 15 is 0 Å².